The molecule has 0 unspecified atom stereocenters. The van der Waals surface area contributed by atoms with Gasteiger partial charge < -0.3 is 15.1 Å². The maximum atomic E-state index is 11.0. The largest absolute Gasteiger partial charge is 0.451 e. The summed E-state index contributed by atoms with van der Waals surface area (Å²) in [6, 6.07) is 10.8. The molecule has 2 aromatic rings. The SMILES string of the molecule is CN1CCN(Cc2ccc(C#Cc3ccc(C(N)=O)cc3)o2)CC1. The van der Waals surface area contributed by atoms with E-state index in [4.69, 9.17) is 10.2 Å². The molecule has 0 atom stereocenters. The zero-order chi connectivity index (χ0) is 16.9. The van der Waals surface area contributed by atoms with Gasteiger partial charge in [0, 0.05) is 37.3 Å². The number of benzene rings is 1. The molecule has 1 aliphatic rings. The van der Waals surface area contributed by atoms with Crippen LogP contribution in [0.25, 0.3) is 0 Å². The molecule has 5 nitrogen and oxygen atoms in total. The molecule has 24 heavy (non-hydrogen) atoms. The summed E-state index contributed by atoms with van der Waals surface area (Å²) in [7, 11) is 2.15. The fraction of sp³-hybridized carbons (Fsp3) is 0.316. The van der Waals surface area contributed by atoms with Gasteiger partial charge in [-0.1, -0.05) is 5.92 Å². The van der Waals surface area contributed by atoms with Gasteiger partial charge in [0.25, 0.3) is 0 Å². The standard InChI is InChI=1S/C19H21N3O2/c1-21-10-12-22(13-11-21)14-18-9-8-17(24-18)7-4-15-2-5-16(6-3-15)19(20)23/h2-3,5-6,8-9H,10-14H2,1H3,(H2,20,23). The third-order valence-electron chi connectivity index (χ3n) is 4.14. The van der Waals surface area contributed by atoms with Crippen molar-refractivity contribution in [3.05, 3.63) is 59.0 Å². The zero-order valence-corrected chi connectivity index (χ0v) is 13.8. The highest BCUT2D eigenvalue weighted by Gasteiger charge is 2.15. The third kappa shape index (κ3) is 4.25. The Morgan fingerprint density at radius 3 is 2.46 bits per heavy atom. The van der Waals surface area contributed by atoms with Crippen LogP contribution in [0.15, 0.2) is 40.8 Å². The topological polar surface area (TPSA) is 62.7 Å². The summed E-state index contributed by atoms with van der Waals surface area (Å²) in [6.45, 7) is 5.13. The highest BCUT2D eigenvalue weighted by molar-refractivity contribution is 5.92. The van der Waals surface area contributed by atoms with Gasteiger partial charge in [0.05, 0.1) is 6.54 Å². The van der Waals surface area contributed by atoms with Crippen molar-refractivity contribution in [2.45, 2.75) is 6.54 Å². The average molecular weight is 323 g/mol. The molecule has 0 radical (unpaired) electrons. The smallest absolute Gasteiger partial charge is 0.248 e. The van der Waals surface area contributed by atoms with E-state index in [0.29, 0.717) is 11.3 Å². The summed E-state index contributed by atoms with van der Waals surface area (Å²) in [4.78, 5) is 15.8. The molecule has 1 saturated heterocycles. The monoisotopic (exact) mass is 323 g/mol. The minimum absolute atomic E-state index is 0.436. The van der Waals surface area contributed by atoms with E-state index in [1.807, 2.05) is 12.1 Å². The maximum Gasteiger partial charge on any atom is 0.248 e. The summed E-state index contributed by atoms with van der Waals surface area (Å²) in [5.74, 6) is 7.20. The fourth-order valence-corrected chi connectivity index (χ4v) is 2.61. The lowest BCUT2D eigenvalue weighted by Crippen LogP contribution is -2.43. The molecule has 2 heterocycles. The van der Waals surface area contributed by atoms with Crippen LogP contribution in [0.1, 0.15) is 27.4 Å². The summed E-state index contributed by atoms with van der Waals surface area (Å²) in [5.41, 5.74) is 6.52. The maximum absolute atomic E-state index is 11.0. The molecule has 1 aliphatic heterocycles. The van der Waals surface area contributed by atoms with Gasteiger partial charge in [-0.15, -0.1) is 0 Å². The van der Waals surface area contributed by atoms with Crippen molar-refractivity contribution in [3.63, 3.8) is 0 Å². The lowest BCUT2D eigenvalue weighted by Gasteiger charge is -2.31. The van der Waals surface area contributed by atoms with Crippen molar-refractivity contribution < 1.29 is 9.21 Å². The molecule has 2 N–H and O–H groups in total. The summed E-state index contributed by atoms with van der Waals surface area (Å²) >= 11 is 0. The van der Waals surface area contributed by atoms with Crippen LogP contribution < -0.4 is 5.73 Å². The third-order valence-corrected chi connectivity index (χ3v) is 4.14. The van der Waals surface area contributed by atoms with E-state index in [0.717, 1.165) is 44.0 Å². The molecule has 1 aromatic carbocycles. The van der Waals surface area contributed by atoms with Crippen LogP contribution in [-0.2, 0) is 6.54 Å². The lowest BCUT2D eigenvalue weighted by atomic mass is 10.1. The first-order valence-corrected chi connectivity index (χ1v) is 8.02. The number of nitrogens with zero attached hydrogens (tertiary/aromatic N) is 2. The van der Waals surface area contributed by atoms with E-state index in [-0.39, 0.29) is 0 Å². The molecular weight excluding hydrogens is 302 g/mol. The van der Waals surface area contributed by atoms with Crippen molar-refractivity contribution >= 4 is 5.91 Å². The number of rotatable bonds is 3. The Hall–Kier alpha value is -2.55. The molecule has 0 spiro atoms. The molecule has 1 fully saturated rings. The summed E-state index contributed by atoms with van der Waals surface area (Å²) in [5, 5.41) is 0. The van der Waals surface area contributed by atoms with Crippen LogP contribution in [0.3, 0.4) is 0 Å². The lowest BCUT2D eigenvalue weighted by molar-refractivity contribution is 0.100. The predicted molar refractivity (Wildman–Crippen MR) is 92.4 cm³/mol. The first-order chi connectivity index (χ1) is 11.6. The molecule has 124 valence electrons. The first-order valence-electron chi connectivity index (χ1n) is 8.02. The molecule has 5 heteroatoms. The number of carbonyl (C=O) groups is 1. The number of piperazine rings is 1. The molecule has 0 bridgehead atoms. The number of hydrogen-bond donors (Lipinski definition) is 1. The van der Waals surface area contributed by atoms with Gasteiger partial charge in [0.1, 0.15) is 5.76 Å². The number of hydrogen-bond acceptors (Lipinski definition) is 4. The fourth-order valence-electron chi connectivity index (χ4n) is 2.61. The summed E-state index contributed by atoms with van der Waals surface area (Å²) < 4.78 is 5.79. The highest BCUT2D eigenvalue weighted by Crippen LogP contribution is 2.12. The second-order valence-corrected chi connectivity index (χ2v) is 6.04. The van der Waals surface area contributed by atoms with Gasteiger partial charge in [-0.05, 0) is 49.4 Å². The number of nitrogens with two attached hydrogens (primary N) is 1. The van der Waals surface area contributed by atoms with Gasteiger partial charge in [-0.3, -0.25) is 9.69 Å². The zero-order valence-electron chi connectivity index (χ0n) is 13.8. The van der Waals surface area contributed by atoms with Gasteiger partial charge in [-0.25, -0.2) is 0 Å². The molecule has 1 amide bonds. The molecule has 3 rings (SSSR count). The average Bonchev–Trinajstić information content (AvgIpc) is 3.03. The van der Waals surface area contributed by atoms with Gasteiger partial charge in [0.15, 0.2) is 5.76 Å². The van der Waals surface area contributed by atoms with Crippen molar-refractivity contribution in [3.8, 4) is 11.8 Å². The molecule has 0 aliphatic carbocycles. The Kier molecular flexibility index (Phi) is 4.99. The number of carbonyl (C=O) groups excluding carboxylic acids is 1. The number of amides is 1. The normalized spacial score (nSPS) is 15.7. The van der Waals surface area contributed by atoms with Crippen LogP contribution in [0.2, 0.25) is 0 Å². The van der Waals surface area contributed by atoms with Crippen molar-refractivity contribution in [2.75, 3.05) is 33.2 Å². The number of likely N-dealkylation sites (N-methyl/N-ethyl adjacent to an activating group) is 1. The minimum atomic E-state index is -0.436. The van der Waals surface area contributed by atoms with Crippen molar-refractivity contribution in [2.24, 2.45) is 5.73 Å². The summed E-state index contributed by atoms with van der Waals surface area (Å²) in [6.07, 6.45) is 0. The molecule has 0 saturated carbocycles. The van der Waals surface area contributed by atoms with Gasteiger partial charge >= 0.3 is 0 Å². The van der Waals surface area contributed by atoms with E-state index in [1.165, 1.54) is 0 Å². The predicted octanol–water partition coefficient (Wildman–Crippen LogP) is 1.53. The first kappa shape index (κ1) is 16.3. The van der Waals surface area contributed by atoms with Crippen LogP contribution in [-0.4, -0.2) is 48.9 Å². The quantitative estimate of drug-likeness (QED) is 0.870. The Bertz CT molecular complexity index is 760. The van der Waals surface area contributed by atoms with Crippen molar-refractivity contribution in [1.29, 1.82) is 0 Å². The Labute approximate surface area is 142 Å². The van der Waals surface area contributed by atoms with Gasteiger partial charge in [0.2, 0.25) is 5.91 Å². The second kappa shape index (κ2) is 7.35. The Morgan fingerprint density at radius 2 is 1.79 bits per heavy atom. The number of primary amides is 1. The van der Waals surface area contributed by atoms with Gasteiger partial charge in [-0.2, -0.15) is 0 Å². The minimum Gasteiger partial charge on any atom is -0.451 e. The molecular formula is C19H21N3O2. The van der Waals surface area contributed by atoms with Crippen LogP contribution in [0, 0.1) is 11.8 Å². The highest BCUT2D eigenvalue weighted by atomic mass is 16.3. The van der Waals surface area contributed by atoms with Crippen LogP contribution >= 0.6 is 0 Å². The Morgan fingerprint density at radius 1 is 1.08 bits per heavy atom. The van der Waals surface area contributed by atoms with E-state index in [2.05, 4.69) is 28.7 Å². The Balaban J connectivity index is 1.61. The van der Waals surface area contributed by atoms with E-state index in [1.54, 1.807) is 24.3 Å². The van der Waals surface area contributed by atoms with Crippen LogP contribution in [0.4, 0.5) is 0 Å². The van der Waals surface area contributed by atoms with E-state index < -0.39 is 5.91 Å². The van der Waals surface area contributed by atoms with Crippen LogP contribution in [0.5, 0.6) is 0 Å². The van der Waals surface area contributed by atoms with E-state index >= 15 is 0 Å². The number of furan rings is 1. The van der Waals surface area contributed by atoms with E-state index in [9.17, 15) is 4.79 Å². The second-order valence-electron chi connectivity index (χ2n) is 6.04. The molecule has 1 aromatic heterocycles. The van der Waals surface area contributed by atoms with Crippen molar-refractivity contribution in [1.82, 2.24) is 9.80 Å².